The number of hydrogen-bond donors (Lipinski definition) is 3. The molecule has 3 N–H and O–H groups in total. The molecule has 1 saturated heterocycles. The van der Waals surface area contributed by atoms with E-state index in [1.54, 1.807) is 31.6 Å². The van der Waals surface area contributed by atoms with Crippen LogP contribution in [-0.2, 0) is 11.4 Å². The number of hydrogen-bond acceptors (Lipinski definition) is 9. The number of imide groups is 1. The van der Waals surface area contributed by atoms with Gasteiger partial charge in [0.05, 0.1) is 19.0 Å². The smallest absolute Gasteiger partial charge is 0.326 e. The standard InChI is InChI=1S/C19H18N8O4/c1-30-13-4-5-20-12(7-13)9-31-19-24-15-10(6-14-16(28)25-18(29)23-14)8-21-27(15)17(26-19)22-11-2-3-11/h4-8,11H,2-3,9H2,1H3,(H,22,24,26)(H2,23,25,28,29)/b14-6-. The number of nitrogens with zero attached hydrogens (tertiary/aromatic N) is 5. The molecule has 1 aliphatic carbocycles. The number of aromatic nitrogens is 5. The molecule has 2 aliphatic rings. The predicted molar refractivity (Wildman–Crippen MR) is 107 cm³/mol. The van der Waals surface area contributed by atoms with Gasteiger partial charge in [0, 0.05) is 23.9 Å². The highest BCUT2D eigenvalue weighted by Gasteiger charge is 2.26. The van der Waals surface area contributed by atoms with E-state index in [2.05, 4.69) is 36.0 Å². The molecule has 3 amide bonds. The average molecular weight is 422 g/mol. The first-order valence-electron chi connectivity index (χ1n) is 9.57. The number of amides is 3. The second-order valence-electron chi connectivity index (χ2n) is 7.03. The van der Waals surface area contributed by atoms with Crippen molar-refractivity contribution in [1.29, 1.82) is 0 Å². The van der Waals surface area contributed by atoms with Crippen LogP contribution >= 0.6 is 0 Å². The fraction of sp³-hybridized carbons (Fsp3) is 0.263. The topological polar surface area (TPSA) is 145 Å². The first kappa shape index (κ1) is 18.8. The first-order chi connectivity index (χ1) is 15.1. The lowest BCUT2D eigenvalue weighted by atomic mass is 10.2. The molecule has 3 aromatic rings. The largest absolute Gasteiger partial charge is 0.497 e. The summed E-state index contributed by atoms with van der Waals surface area (Å²) in [5.74, 6) is 0.628. The maximum atomic E-state index is 11.9. The van der Waals surface area contributed by atoms with Crippen molar-refractivity contribution in [3.05, 3.63) is 41.5 Å². The molecule has 4 heterocycles. The number of urea groups is 1. The Morgan fingerprint density at radius 1 is 1.29 bits per heavy atom. The zero-order valence-corrected chi connectivity index (χ0v) is 16.5. The van der Waals surface area contributed by atoms with Crippen LogP contribution in [-0.4, -0.2) is 49.7 Å². The maximum Gasteiger partial charge on any atom is 0.326 e. The molecular formula is C19H18N8O4. The highest BCUT2D eigenvalue weighted by Crippen LogP contribution is 2.26. The van der Waals surface area contributed by atoms with Crippen molar-refractivity contribution >= 4 is 29.6 Å². The molecule has 12 nitrogen and oxygen atoms in total. The van der Waals surface area contributed by atoms with E-state index in [9.17, 15) is 9.59 Å². The van der Waals surface area contributed by atoms with Gasteiger partial charge < -0.3 is 20.1 Å². The van der Waals surface area contributed by atoms with E-state index < -0.39 is 11.9 Å². The summed E-state index contributed by atoms with van der Waals surface area (Å²) in [5, 5.41) is 12.2. The van der Waals surface area contributed by atoms with Crippen molar-refractivity contribution in [3.8, 4) is 11.8 Å². The lowest BCUT2D eigenvalue weighted by Gasteiger charge is -2.10. The Bertz CT molecular complexity index is 1220. The van der Waals surface area contributed by atoms with Gasteiger partial charge in [-0.2, -0.15) is 19.6 Å². The van der Waals surface area contributed by atoms with Gasteiger partial charge in [0.25, 0.3) is 5.91 Å². The SMILES string of the molecule is COc1ccnc(COc2nc(NC3CC3)n3ncc(/C=C4\NC(=O)NC4=O)c3n2)c1. The summed E-state index contributed by atoms with van der Waals surface area (Å²) in [5.41, 5.74) is 1.71. The quantitative estimate of drug-likeness (QED) is 0.373. The number of carbonyl (C=O) groups is 2. The van der Waals surface area contributed by atoms with Gasteiger partial charge in [0.1, 0.15) is 18.1 Å². The molecule has 0 aromatic carbocycles. The fourth-order valence-electron chi connectivity index (χ4n) is 2.98. The summed E-state index contributed by atoms with van der Waals surface area (Å²) < 4.78 is 12.5. The van der Waals surface area contributed by atoms with E-state index in [1.165, 1.54) is 10.6 Å². The summed E-state index contributed by atoms with van der Waals surface area (Å²) in [6, 6.07) is 3.37. The van der Waals surface area contributed by atoms with Gasteiger partial charge in [-0.15, -0.1) is 0 Å². The molecule has 0 atom stereocenters. The Morgan fingerprint density at radius 3 is 2.90 bits per heavy atom. The number of ether oxygens (including phenoxy) is 2. The minimum absolute atomic E-state index is 0.110. The highest BCUT2D eigenvalue weighted by molar-refractivity contribution is 6.14. The van der Waals surface area contributed by atoms with Gasteiger partial charge in [0.15, 0.2) is 5.65 Å². The van der Waals surface area contributed by atoms with E-state index in [1.807, 2.05) is 0 Å². The van der Waals surface area contributed by atoms with E-state index in [-0.39, 0.29) is 18.3 Å². The minimum atomic E-state index is -0.576. The predicted octanol–water partition coefficient (Wildman–Crippen LogP) is 0.861. The van der Waals surface area contributed by atoms with Crippen LogP contribution in [0.15, 0.2) is 30.2 Å². The van der Waals surface area contributed by atoms with Crippen molar-refractivity contribution in [2.45, 2.75) is 25.5 Å². The average Bonchev–Trinajstić information content (AvgIpc) is 3.41. The molecule has 12 heteroatoms. The lowest BCUT2D eigenvalue weighted by molar-refractivity contribution is -0.115. The van der Waals surface area contributed by atoms with Gasteiger partial charge >= 0.3 is 12.0 Å². The molecule has 2 fully saturated rings. The molecule has 0 spiro atoms. The summed E-state index contributed by atoms with van der Waals surface area (Å²) in [4.78, 5) is 36.4. The number of fused-ring (bicyclic) bond motifs is 1. The molecule has 3 aromatic heterocycles. The van der Waals surface area contributed by atoms with Crippen molar-refractivity contribution in [1.82, 2.24) is 35.2 Å². The van der Waals surface area contributed by atoms with Crippen LogP contribution in [0.1, 0.15) is 24.1 Å². The van der Waals surface area contributed by atoms with Gasteiger partial charge in [-0.1, -0.05) is 0 Å². The number of methoxy groups -OCH3 is 1. The molecular weight excluding hydrogens is 404 g/mol. The molecule has 158 valence electrons. The zero-order valence-electron chi connectivity index (χ0n) is 16.5. The third-order valence-corrected chi connectivity index (χ3v) is 4.68. The van der Waals surface area contributed by atoms with Gasteiger partial charge in [-0.3, -0.25) is 15.1 Å². The van der Waals surface area contributed by atoms with Crippen LogP contribution in [0.2, 0.25) is 0 Å². The van der Waals surface area contributed by atoms with Crippen LogP contribution in [0.25, 0.3) is 11.7 Å². The fourth-order valence-corrected chi connectivity index (χ4v) is 2.98. The van der Waals surface area contributed by atoms with E-state index in [4.69, 9.17) is 9.47 Å². The van der Waals surface area contributed by atoms with Crippen molar-refractivity contribution in [2.24, 2.45) is 0 Å². The number of rotatable bonds is 7. The third kappa shape index (κ3) is 3.95. The molecule has 31 heavy (non-hydrogen) atoms. The zero-order chi connectivity index (χ0) is 21.4. The van der Waals surface area contributed by atoms with Crippen LogP contribution in [0.4, 0.5) is 10.7 Å². The van der Waals surface area contributed by atoms with E-state index >= 15 is 0 Å². The maximum absolute atomic E-state index is 11.9. The summed E-state index contributed by atoms with van der Waals surface area (Å²) >= 11 is 0. The molecule has 0 unspecified atom stereocenters. The first-order valence-corrected chi connectivity index (χ1v) is 9.57. The van der Waals surface area contributed by atoms with Gasteiger partial charge in [0.2, 0.25) is 5.95 Å². The number of pyridine rings is 1. The van der Waals surface area contributed by atoms with Crippen LogP contribution in [0, 0.1) is 0 Å². The Kier molecular flexibility index (Phi) is 4.58. The van der Waals surface area contributed by atoms with Crippen molar-refractivity contribution in [2.75, 3.05) is 12.4 Å². The molecule has 1 saturated carbocycles. The Morgan fingerprint density at radius 2 is 2.16 bits per heavy atom. The normalized spacial score (nSPS) is 17.0. The Labute approximate surface area is 175 Å². The molecule has 5 rings (SSSR count). The van der Waals surface area contributed by atoms with E-state index in [0.717, 1.165) is 12.8 Å². The second-order valence-corrected chi connectivity index (χ2v) is 7.03. The molecule has 0 bridgehead atoms. The van der Waals surface area contributed by atoms with Crippen LogP contribution in [0.3, 0.4) is 0 Å². The third-order valence-electron chi connectivity index (χ3n) is 4.68. The molecule has 1 aliphatic heterocycles. The Balaban J connectivity index is 1.48. The van der Waals surface area contributed by atoms with Crippen LogP contribution in [0.5, 0.6) is 11.8 Å². The monoisotopic (exact) mass is 422 g/mol. The lowest BCUT2D eigenvalue weighted by Crippen LogP contribution is -2.22. The second kappa shape index (κ2) is 7.55. The number of nitrogens with one attached hydrogen (secondary N) is 3. The number of anilines is 1. The van der Waals surface area contributed by atoms with Gasteiger partial charge in [-0.05, 0) is 25.0 Å². The highest BCUT2D eigenvalue weighted by atomic mass is 16.5. The summed E-state index contributed by atoms with van der Waals surface area (Å²) in [7, 11) is 1.58. The Hall–Kier alpha value is -4.22. The summed E-state index contributed by atoms with van der Waals surface area (Å²) in [6.07, 6.45) is 6.76. The van der Waals surface area contributed by atoms with Crippen molar-refractivity contribution in [3.63, 3.8) is 0 Å². The van der Waals surface area contributed by atoms with Gasteiger partial charge in [-0.25, -0.2) is 4.79 Å². The molecule has 0 radical (unpaired) electrons. The number of carbonyl (C=O) groups excluding carboxylic acids is 2. The van der Waals surface area contributed by atoms with Crippen molar-refractivity contribution < 1.29 is 19.1 Å². The van der Waals surface area contributed by atoms with E-state index in [0.29, 0.717) is 34.6 Å². The van der Waals surface area contributed by atoms with Crippen LogP contribution < -0.4 is 25.4 Å². The summed E-state index contributed by atoms with van der Waals surface area (Å²) in [6.45, 7) is 0.138. The minimum Gasteiger partial charge on any atom is -0.497 e.